The molecule has 1 fully saturated rings. The van der Waals surface area contributed by atoms with Crippen molar-refractivity contribution in [2.75, 3.05) is 19.7 Å². The molecule has 1 heterocycles. The summed E-state index contributed by atoms with van der Waals surface area (Å²) in [6.45, 7) is 5.52. The first kappa shape index (κ1) is 11.0. The van der Waals surface area contributed by atoms with Gasteiger partial charge in [0.2, 0.25) is 0 Å². The smallest absolute Gasteiger partial charge is 0.0718 e. The van der Waals surface area contributed by atoms with Gasteiger partial charge in [-0.1, -0.05) is 6.42 Å². The molecule has 0 aromatic carbocycles. The lowest BCUT2D eigenvalue weighted by Gasteiger charge is -2.37. The second-order valence-corrected chi connectivity index (χ2v) is 4.62. The Bertz CT molecular complexity index is 153. The number of piperidine rings is 1. The average molecular weight is 187 g/mol. The molecule has 2 N–H and O–H groups in total. The van der Waals surface area contributed by atoms with Crippen LogP contribution < -0.4 is 0 Å². The van der Waals surface area contributed by atoms with Gasteiger partial charge in [0.15, 0.2) is 0 Å². The Balaban J connectivity index is 2.45. The minimum Gasteiger partial charge on any atom is -0.395 e. The van der Waals surface area contributed by atoms with Crippen LogP contribution in [0.4, 0.5) is 0 Å². The number of β-amino-alcohol motifs (C(OH)–C–C–N with tert-alkyl or cyclic N) is 1. The van der Waals surface area contributed by atoms with E-state index >= 15 is 0 Å². The Hall–Kier alpha value is -0.120. The maximum absolute atomic E-state index is 9.66. The molecule has 0 spiro atoms. The fourth-order valence-corrected chi connectivity index (χ4v) is 1.97. The zero-order valence-corrected chi connectivity index (χ0v) is 8.66. The fourth-order valence-electron chi connectivity index (χ4n) is 1.97. The van der Waals surface area contributed by atoms with E-state index < -0.39 is 5.60 Å². The van der Waals surface area contributed by atoms with Gasteiger partial charge in [-0.05, 0) is 33.2 Å². The number of likely N-dealkylation sites (tertiary alicyclic amines) is 1. The predicted octanol–water partition coefficient (Wildman–Crippen LogP) is 0.604. The molecule has 1 aliphatic rings. The van der Waals surface area contributed by atoms with E-state index in [2.05, 4.69) is 4.90 Å². The quantitative estimate of drug-likeness (QED) is 0.680. The molecule has 3 heteroatoms. The Morgan fingerprint density at radius 2 is 2.08 bits per heavy atom. The molecule has 78 valence electrons. The molecule has 1 saturated heterocycles. The van der Waals surface area contributed by atoms with Gasteiger partial charge in [0.1, 0.15) is 0 Å². The third-order valence-electron chi connectivity index (χ3n) is 2.55. The van der Waals surface area contributed by atoms with E-state index in [-0.39, 0.29) is 12.6 Å². The van der Waals surface area contributed by atoms with Crippen molar-refractivity contribution in [2.24, 2.45) is 0 Å². The lowest BCUT2D eigenvalue weighted by Crippen LogP contribution is -2.48. The van der Waals surface area contributed by atoms with E-state index in [9.17, 15) is 5.11 Å². The third kappa shape index (κ3) is 3.63. The van der Waals surface area contributed by atoms with Crippen LogP contribution in [0.15, 0.2) is 0 Å². The Labute approximate surface area is 80.4 Å². The SMILES string of the molecule is CC(C)(O)CN1CCCCC1CO. The van der Waals surface area contributed by atoms with Gasteiger partial charge in [0, 0.05) is 12.6 Å². The van der Waals surface area contributed by atoms with E-state index in [1.54, 1.807) is 0 Å². The van der Waals surface area contributed by atoms with Gasteiger partial charge in [-0.15, -0.1) is 0 Å². The highest BCUT2D eigenvalue weighted by Gasteiger charge is 2.26. The number of nitrogens with zero attached hydrogens (tertiary/aromatic N) is 1. The largest absolute Gasteiger partial charge is 0.395 e. The number of rotatable bonds is 3. The van der Waals surface area contributed by atoms with Crippen LogP contribution in [-0.2, 0) is 0 Å². The van der Waals surface area contributed by atoms with E-state index in [0.29, 0.717) is 6.54 Å². The second-order valence-electron chi connectivity index (χ2n) is 4.62. The molecule has 0 aromatic rings. The monoisotopic (exact) mass is 187 g/mol. The van der Waals surface area contributed by atoms with E-state index in [4.69, 9.17) is 5.11 Å². The number of hydrogen-bond acceptors (Lipinski definition) is 3. The maximum atomic E-state index is 9.66. The molecule has 0 aliphatic carbocycles. The predicted molar refractivity (Wildman–Crippen MR) is 52.6 cm³/mol. The van der Waals surface area contributed by atoms with E-state index in [1.165, 1.54) is 12.8 Å². The van der Waals surface area contributed by atoms with Crippen LogP contribution in [0.2, 0.25) is 0 Å². The first-order valence-corrected chi connectivity index (χ1v) is 5.10. The van der Waals surface area contributed by atoms with Crippen LogP contribution in [0.3, 0.4) is 0 Å². The summed E-state index contributed by atoms with van der Waals surface area (Å²) in [5, 5.41) is 18.8. The van der Waals surface area contributed by atoms with Gasteiger partial charge in [-0.25, -0.2) is 0 Å². The molecule has 0 saturated carbocycles. The highest BCUT2D eigenvalue weighted by molar-refractivity contribution is 4.81. The summed E-state index contributed by atoms with van der Waals surface area (Å²) in [6, 6.07) is 0.264. The minimum absolute atomic E-state index is 0.218. The molecule has 3 nitrogen and oxygen atoms in total. The van der Waals surface area contributed by atoms with Gasteiger partial charge in [0.25, 0.3) is 0 Å². The Kier molecular flexibility index (Phi) is 3.71. The number of aliphatic hydroxyl groups is 2. The van der Waals surface area contributed by atoms with Gasteiger partial charge in [-0.3, -0.25) is 4.90 Å². The first-order valence-electron chi connectivity index (χ1n) is 5.10. The standard InChI is InChI=1S/C10H21NO2/c1-10(2,13)8-11-6-4-3-5-9(11)7-12/h9,12-13H,3-8H2,1-2H3. The summed E-state index contributed by atoms with van der Waals surface area (Å²) < 4.78 is 0. The highest BCUT2D eigenvalue weighted by Crippen LogP contribution is 2.18. The Morgan fingerprint density at radius 3 is 2.62 bits per heavy atom. The summed E-state index contributed by atoms with van der Waals surface area (Å²) in [5.74, 6) is 0. The van der Waals surface area contributed by atoms with Crippen molar-refractivity contribution >= 4 is 0 Å². The molecule has 0 aromatic heterocycles. The van der Waals surface area contributed by atoms with Crippen LogP contribution in [0.5, 0.6) is 0 Å². The first-order chi connectivity index (χ1) is 6.03. The lowest BCUT2D eigenvalue weighted by molar-refractivity contribution is -0.00266. The van der Waals surface area contributed by atoms with Crippen LogP contribution in [-0.4, -0.2) is 46.5 Å². The van der Waals surface area contributed by atoms with E-state index in [1.807, 2.05) is 13.8 Å². The van der Waals surface area contributed by atoms with E-state index in [0.717, 1.165) is 13.0 Å². The summed E-state index contributed by atoms with van der Waals surface area (Å²) >= 11 is 0. The number of aliphatic hydroxyl groups excluding tert-OH is 1. The summed E-state index contributed by atoms with van der Waals surface area (Å²) in [6.07, 6.45) is 3.45. The van der Waals surface area contributed by atoms with Gasteiger partial charge >= 0.3 is 0 Å². The number of hydrogen-bond donors (Lipinski definition) is 2. The molecular weight excluding hydrogens is 166 g/mol. The molecule has 1 unspecified atom stereocenters. The summed E-state index contributed by atoms with van der Waals surface area (Å²) in [4.78, 5) is 2.20. The fraction of sp³-hybridized carbons (Fsp3) is 1.00. The topological polar surface area (TPSA) is 43.7 Å². The highest BCUT2D eigenvalue weighted by atomic mass is 16.3. The van der Waals surface area contributed by atoms with Crippen molar-refractivity contribution in [2.45, 2.75) is 44.8 Å². The Morgan fingerprint density at radius 1 is 1.38 bits per heavy atom. The zero-order chi connectivity index (χ0) is 9.90. The second kappa shape index (κ2) is 4.40. The third-order valence-corrected chi connectivity index (χ3v) is 2.55. The normalized spacial score (nSPS) is 26.3. The van der Waals surface area contributed by atoms with Crippen LogP contribution in [0.1, 0.15) is 33.1 Å². The molecule has 0 amide bonds. The molecule has 1 atom stereocenters. The van der Waals surface area contributed by atoms with Crippen molar-refractivity contribution in [1.82, 2.24) is 4.90 Å². The summed E-state index contributed by atoms with van der Waals surface area (Å²) in [5.41, 5.74) is -0.648. The maximum Gasteiger partial charge on any atom is 0.0718 e. The summed E-state index contributed by atoms with van der Waals surface area (Å²) in [7, 11) is 0. The minimum atomic E-state index is -0.648. The van der Waals surface area contributed by atoms with Crippen molar-refractivity contribution < 1.29 is 10.2 Å². The molecular formula is C10H21NO2. The van der Waals surface area contributed by atoms with Gasteiger partial charge in [-0.2, -0.15) is 0 Å². The molecule has 1 aliphatic heterocycles. The van der Waals surface area contributed by atoms with Crippen molar-refractivity contribution in [3.63, 3.8) is 0 Å². The van der Waals surface area contributed by atoms with Crippen molar-refractivity contribution in [1.29, 1.82) is 0 Å². The molecule has 1 rings (SSSR count). The average Bonchev–Trinajstić information content (AvgIpc) is 2.02. The van der Waals surface area contributed by atoms with Crippen LogP contribution in [0.25, 0.3) is 0 Å². The van der Waals surface area contributed by atoms with Crippen LogP contribution in [0, 0.1) is 0 Å². The zero-order valence-electron chi connectivity index (χ0n) is 8.66. The van der Waals surface area contributed by atoms with Crippen LogP contribution >= 0.6 is 0 Å². The van der Waals surface area contributed by atoms with Crippen molar-refractivity contribution in [3.05, 3.63) is 0 Å². The molecule has 13 heavy (non-hydrogen) atoms. The molecule has 0 bridgehead atoms. The van der Waals surface area contributed by atoms with Crippen molar-refractivity contribution in [3.8, 4) is 0 Å². The van der Waals surface area contributed by atoms with Gasteiger partial charge < -0.3 is 10.2 Å². The lowest BCUT2D eigenvalue weighted by atomic mass is 10.00. The van der Waals surface area contributed by atoms with Gasteiger partial charge in [0.05, 0.1) is 12.2 Å². The molecule has 0 radical (unpaired) electrons.